The molecule has 0 aliphatic rings. The van der Waals surface area contributed by atoms with Crippen LogP contribution in [-0.2, 0) is 12.8 Å². The number of hydrogen-bond acceptors (Lipinski definition) is 2. The van der Waals surface area contributed by atoms with Crippen LogP contribution in [0, 0.1) is 0 Å². The molecule has 2 aromatic rings. The van der Waals surface area contributed by atoms with Gasteiger partial charge in [-0.15, -0.1) is 0 Å². The standard InChI is InChI=1S/C17H21NO/c1-3-4-6-14-8-10-15(11-9-14)13-16-17(19-2)7-5-12-18-16/h5,7-12H,3-4,6,13H2,1-2H3. The van der Waals surface area contributed by atoms with Crippen molar-refractivity contribution in [2.75, 3.05) is 7.11 Å². The number of aromatic nitrogens is 1. The van der Waals surface area contributed by atoms with E-state index in [4.69, 9.17) is 4.74 Å². The molecule has 0 N–H and O–H groups in total. The van der Waals surface area contributed by atoms with Gasteiger partial charge in [0.25, 0.3) is 0 Å². The Morgan fingerprint density at radius 1 is 1.05 bits per heavy atom. The summed E-state index contributed by atoms with van der Waals surface area (Å²) in [5.41, 5.74) is 3.68. The summed E-state index contributed by atoms with van der Waals surface area (Å²) in [4.78, 5) is 4.39. The van der Waals surface area contributed by atoms with Crippen molar-refractivity contribution in [3.8, 4) is 5.75 Å². The van der Waals surface area contributed by atoms with Crippen molar-refractivity contribution in [3.05, 3.63) is 59.4 Å². The van der Waals surface area contributed by atoms with E-state index >= 15 is 0 Å². The molecule has 1 aromatic carbocycles. The maximum absolute atomic E-state index is 5.33. The molecule has 2 nitrogen and oxygen atoms in total. The summed E-state index contributed by atoms with van der Waals surface area (Å²) < 4.78 is 5.33. The summed E-state index contributed by atoms with van der Waals surface area (Å²) in [6, 6.07) is 12.7. The Hall–Kier alpha value is -1.83. The molecule has 0 atom stereocenters. The minimum Gasteiger partial charge on any atom is -0.495 e. The topological polar surface area (TPSA) is 22.1 Å². The number of pyridine rings is 1. The first-order valence-electron chi connectivity index (χ1n) is 6.89. The van der Waals surface area contributed by atoms with Gasteiger partial charge in [-0.05, 0) is 36.1 Å². The van der Waals surface area contributed by atoms with Crippen molar-refractivity contribution in [3.63, 3.8) is 0 Å². The van der Waals surface area contributed by atoms with Gasteiger partial charge in [0.2, 0.25) is 0 Å². The van der Waals surface area contributed by atoms with Gasteiger partial charge < -0.3 is 4.74 Å². The lowest BCUT2D eigenvalue weighted by Crippen LogP contribution is -1.97. The van der Waals surface area contributed by atoms with Crippen LogP contribution in [0.25, 0.3) is 0 Å². The molecule has 1 heterocycles. The largest absolute Gasteiger partial charge is 0.495 e. The van der Waals surface area contributed by atoms with E-state index in [1.54, 1.807) is 7.11 Å². The Balaban J connectivity index is 2.06. The summed E-state index contributed by atoms with van der Waals surface area (Å²) in [6.45, 7) is 2.22. The van der Waals surface area contributed by atoms with Gasteiger partial charge in [-0.1, -0.05) is 37.6 Å². The number of nitrogens with zero attached hydrogens (tertiary/aromatic N) is 1. The smallest absolute Gasteiger partial charge is 0.140 e. The monoisotopic (exact) mass is 255 g/mol. The minimum atomic E-state index is 0.818. The van der Waals surface area contributed by atoms with E-state index in [1.807, 2.05) is 18.3 Å². The summed E-state index contributed by atoms with van der Waals surface area (Å²) in [6.07, 6.45) is 6.30. The molecule has 0 saturated heterocycles. The van der Waals surface area contributed by atoms with Crippen LogP contribution in [0.2, 0.25) is 0 Å². The fraction of sp³-hybridized carbons (Fsp3) is 0.353. The molecule has 0 saturated carbocycles. The zero-order valence-electron chi connectivity index (χ0n) is 11.7. The molecule has 0 bridgehead atoms. The Labute approximate surface area is 115 Å². The van der Waals surface area contributed by atoms with Gasteiger partial charge in [0.1, 0.15) is 5.75 Å². The van der Waals surface area contributed by atoms with Gasteiger partial charge in [-0.25, -0.2) is 0 Å². The molecule has 0 amide bonds. The van der Waals surface area contributed by atoms with Crippen LogP contribution in [-0.4, -0.2) is 12.1 Å². The molecule has 2 heteroatoms. The zero-order valence-corrected chi connectivity index (χ0v) is 11.7. The molecule has 1 aromatic heterocycles. The Kier molecular flexibility index (Phi) is 4.96. The van der Waals surface area contributed by atoms with Crippen molar-refractivity contribution < 1.29 is 4.74 Å². The van der Waals surface area contributed by atoms with Crippen LogP contribution in [0.3, 0.4) is 0 Å². The minimum absolute atomic E-state index is 0.818. The third kappa shape index (κ3) is 3.82. The quantitative estimate of drug-likeness (QED) is 0.777. The number of aryl methyl sites for hydroxylation is 1. The van der Waals surface area contributed by atoms with Crippen molar-refractivity contribution in [1.82, 2.24) is 4.98 Å². The van der Waals surface area contributed by atoms with E-state index in [1.165, 1.54) is 30.4 Å². The van der Waals surface area contributed by atoms with Crippen molar-refractivity contribution in [2.45, 2.75) is 32.6 Å². The van der Waals surface area contributed by atoms with Crippen LogP contribution >= 0.6 is 0 Å². The van der Waals surface area contributed by atoms with Crippen LogP contribution in [0.5, 0.6) is 5.75 Å². The Morgan fingerprint density at radius 3 is 2.47 bits per heavy atom. The molecular weight excluding hydrogens is 234 g/mol. The van der Waals surface area contributed by atoms with Crippen LogP contribution < -0.4 is 4.74 Å². The first-order valence-corrected chi connectivity index (χ1v) is 6.89. The number of hydrogen-bond donors (Lipinski definition) is 0. The lowest BCUT2D eigenvalue weighted by molar-refractivity contribution is 0.408. The second-order valence-electron chi connectivity index (χ2n) is 4.75. The van der Waals surface area contributed by atoms with E-state index < -0.39 is 0 Å². The first-order chi connectivity index (χ1) is 9.33. The number of methoxy groups -OCH3 is 1. The lowest BCUT2D eigenvalue weighted by Gasteiger charge is -2.07. The summed E-state index contributed by atoms with van der Waals surface area (Å²) in [5, 5.41) is 0. The normalized spacial score (nSPS) is 10.4. The highest BCUT2D eigenvalue weighted by Gasteiger charge is 2.04. The van der Waals surface area contributed by atoms with Crippen molar-refractivity contribution >= 4 is 0 Å². The van der Waals surface area contributed by atoms with E-state index in [9.17, 15) is 0 Å². The fourth-order valence-electron chi connectivity index (χ4n) is 2.14. The molecule has 19 heavy (non-hydrogen) atoms. The molecule has 100 valence electrons. The molecule has 0 aliphatic carbocycles. The number of unbranched alkanes of at least 4 members (excludes halogenated alkanes) is 1. The summed E-state index contributed by atoms with van der Waals surface area (Å²) in [7, 11) is 1.69. The van der Waals surface area contributed by atoms with E-state index in [0.29, 0.717) is 0 Å². The molecular formula is C17H21NO. The van der Waals surface area contributed by atoms with Gasteiger partial charge in [0.05, 0.1) is 12.8 Å². The molecule has 0 fully saturated rings. The van der Waals surface area contributed by atoms with Gasteiger partial charge >= 0.3 is 0 Å². The summed E-state index contributed by atoms with van der Waals surface area (Å²) >= 11 is 0. The molecule has 2 rings (SSSR count). The first kappa shape index (κ1) is 13.6. The lowest BCUT2D eigenvalue weighted by atomic mass is 10.0. The van der Waals surface area contributed by atoms with Gasteiger partial charge in [0.15, 0.2) is 0 Å². The number of ether oxygens (including phenoxy) is 1. The van der Waals surface area contributed by atoms with E-state index in [2.05, 4.69) is 36.2 Å². The SMILES string of the molecule is CCCCc1ccc(Cc2ncccc2OC)cc1. The fourth-order valence-corrected chi connectivity index (χ4v) is 2.14. The summed E-state index contributed by atoms with van der Waals surface area (Å²) in [5.74, 6) is 0.859. The maximum atomic E-state index is 5.33. The molecule has 0 aliphatic heterocycles. The molecule has 0 spiro atoms. The van der Waals surface area contributed by atoms with E-state index in [-0.39, 0.29) is 0 Å². The predicted octanol–water partition coefficient (Wildman–Crippen LogP) is 4.02. The van der Waals surface area contributed by atoms with Gasteiger partial charge in [-0.3, -0.25) is 4.98 Å². The van der Waals surface area contributed by atoms with Gasteiger partial charge in [-0.2, -0.15) is 0 Å². The Morgan fingerprint density at radius 2 is 1.79 bits per heavy atom. The van der Waals surface area contributed by atoms with Crippen molar-refractivity contribution in [2.24, 2.45) is 0 Å². The second-order valence-corrected chi connectivity index (χ2v) is 4.75. The third-order valence-corrected chi connectivity index (χ3v) is 3.28. The predicted molar refractivity (Wildman–Crippen MR) is 78.6 cm³/mol. The number of rotatable bonds is 6. The van der Waals surface area contributed by atoms with Crippen LogP contribution in [0.1, 0.15) is 36.6 Å². The van der Waals surface area contributed by atoms with E-state index in [0.717, 1.165) is 17.9 Å². The molecule has 0 radical (unpaired) electrons. The molecule has 0 unspecified atom stereocenters. The highest BCUT2D eigenvalue weighted by Crippen LogP contribution is 2.19. The average Bonchev–Trinajstić information content (AvgIpc) is 2.47. The van der Waals surface area contributed by atoms with Crippen LogP contribution in [0.4, 0.5) is 0 Å². The average molecular weight is 255 g/mol. The number of benzene rings is 1. The van der Waals surface area contributed by atoms with Gasteiger partial charge in [0, 0.05) is 12.6 Å². The maximum Gasteiger partial charge on any atom is 0.140 e. The highest BCUT2D eigenvalue weighted by atomic mass is 16.5. The van der Waals surface area contributed by atoms with Crippen molar-refractivity contribution in [1.29, 1.82) is 0 Å². The Bertz CT molecular complexity index is 505. The second kappa shape index (κ2) is 6.93. The third-order valence-electron chi connectivity index (χ3n) is 3.28. The zero-order chi connectivity index (χ0) is 13.5. The highest BCUT2D eigenvalue weighted by molar-refractivity contribution is 5.33. The van der Waals surface area contributed by atoms with Crippen LogP contribution in [0.15, 0.2) is 42.6 Å².